The van der Waals surface area contributed by atoms with Gasteiger partial charge in [-0.2, -0.15) is 0 Å². The van der Waals surface area contributed by atoms with Crippen molar-refractivity contribution in [3.8, 4) is 11.5 Å². The summed E-state index contributed by atoms with van der Waals surface area (Å²) < 4.78 is 30.5. The fourth-order valence-electron chi connectivity index (χ4n) is 13.5. The van der Waals surface area contributed by atoms with Crippen LogP contribution >= 0.6 is 0 Å². The monoisotopic (exact) mass is 1330 g/mol. The number of nitrogens with one attached hydrogen (secondary N) is 5. The van der Waals surface area contributed by atoms with Crippen LogP contribution in [0.1, 0.15) is 130 Å². The third kappa shape index (κ3) is 15.3. The van der Waals surface area contributed by atoms with Gasteiger partial charge in [0.1, 0.15) is 40.8 Å². The van der Waals surface area contributed by atoms with E-state index in [-0.39, 0.29) is 115 Å². The van der Waals surface area contributed by atoms with Crippen molar-refractivity contribution >= 4 is 103 Å². The fourth-order valence-corrected chi connectivity index (χ4v) is 13.5. The number of unbranched alkanes of at least 4 members (excludes halogenated alkanes) is 2. The number of aliphatic hydroxyl groups excluding tert-OH is 1. The lowest BCUT2D eigenvalue weighted by Gasteiger charge is -2.38. The van der Waals surface area contributed by atoms with E-state index in [1.807, 2.05) is 17.9 Å². The second-order valence-corrected chi connectivity index (χ2v) is 26.5. The number of carbonyl (C=O) groups excluding carboxylic acids is 8. The van der Waals surface area contributed by atoms with Gasteiger partial charge in [0.05, 0.1) is 23.4 Å². The molecule has 4 bridgehead atoms. The Morgan fingerprint density at radius 3 is 2.26 bits per heavy atom. The van der Waals surface area contributed by atoms with E-state index in [9.17, 15) is 53.4 Å². The van der Waals surface area contributed by atoms with Crippen LogP contribution in [0.25, 0.3) is 38.7 Å². The quantitative estimate of drug-likeness (QED) is 0.0122. The maximum Gasteiger partial charge on any atom is 0.407 e. The molecule has 5 heterocycles. The van der Waals surface area contributed by atoms with E-state index in [1.165, 1.54) is 50.2 Å². The summed E-state index contributed by atoms with van der Waals surface area (Å²) in [7, 11) is 0. The number of aromatic hydroxyl groups is 1. The van der Waals surface area contributed by atoms with E-state index in [4.69, 9.17) is 28.3 Å². The van der Waals surface area contributed by atoms with Gasteiger partial charge in [-0.1, -0.05) is 64.5 Å². The van der Waals surface area contributed by atoms with Crippen LogP contribution in [-0.4, -0.2) is 118 Å². The van der Waals surface area contributed by atoms with Crippen molar-refractivity contribution in [3.63, 3.8) is 0 Å². The molecule has 10 rings (SSSR count). The van der Waals surface area contributed by atoms with Crippen molar-refractivity contribution in [2.45, 2.75) is 151 Å². The maximum absolute atomic E-state index is 15.0. The van der Waals surface area contributed by atoms with Crippen LogP contribution in [-0.2, 0) is 54.4 Å². The summed E-state index contributed by atoms with van der Waals surface area (Å²) in [6.07, 6.45) is 16.0. The highest BCUT2D eigenvalue weighted by Crippen LogP contribution is 2.44. The molecule has 5 aliphatic rings. The first-order valence-corrected chi connectivity index (χ1v) is 33.2. The van der Waals surface area contributed by atoms with E-state index in [0.29, 0.717) is 101 Å². The van der Waals surface area contributed by atoms with Crippen molar-refractivity contribution in [1.82, 2.24) is 25.8 Å². The zero-order valence-electron chi connectivity index (χ0n) is 55.9. The number of imide groups is 1. The first-order valence-electron chi connectivity index (χ1n) is 33.2. The normalized spacial score (nSPS) is 23.4. The van der Waals surface area contributed by atoms with Crippen LogP contribution in [0.4, 0.5) is 21.9 Å². The SMILES string of the molecule is CC(=O)O[C@@H]1[C@H](C)C/C=C/O[C@@]2(C)Oc3c(C)c(O)c4c(=O)c(c5oc6cc(N7CCC(NC(=O)OCc8ccc(NC(=O)CNC(=O)C9(C(=O)NCCCCCN%10C(=O)C=CC%10=O)CCC9)cc8)CC7)cc(=O)c6nc5c4c3=C2O)NC(=O)/C(C)=C\C=C\[C@H](C)C[C@@H](C)C[C@H]1C. The number of piperidine rings is 1. The third-order valence-corrected chi connectivity index (χ3v) is 19.0. The molecule has 1 aromatic heterocycles. The molecule has 25 heteroatoms. The van der Waals surface area contributed by atoms with Crippen LogP contribution in [0.5, 0.6) is 11.5 Å². The van der Waals surface area contributed by atoms with Crippen LogP contribution in [0.15, 0.2) is 98.7 Å². The number of carbonyl (C=O) groups is 8. The number of nitrogens with zero attached hydrogens (tertiary/aromatic N) is 3. The molecule has 2 fully saturated rings. The topological polar surface area (TPSA) is 341 Å². The van der Waals surface area contributed by atoms with Gasteiger partial charge in [-0.25, -0.2) is 9.78 Å². The van der Waals surface area contributed by atoms with E-state index < -0.39 is 75.4 Å². The Morgan fingerprint density at radius 1 is 0.856 bits per heavy atom. The molecule has 0 radical (unpaired) electrons. The van der Waals surface area contributed by atoms with Gasteiger partial charge in [-0.3, -0.25) is 48.1 Å². The third-order valence-electron chi connectivity index (χ3n) is 19.0. The van der Waals surface area contributed by atoms with Crippen molar-refractivity contribution in [2.24, 2.45) is 29.1 Å². The molecule has 514 valence electrons. The lowest BCUT2D eigenvalue weighted by Crippen LogP contribution is -2.56. The van der Waals surface area contributed by atoms with Crippen LogP contribution in [0.3, 0.4) is 0 Å². The second-order valence-electron chi connectivity index (χ2n) is 26.5. The minimum Gasteiger partial charge on any atom is -0.507 e. The van der Waals surface area contributed by atoms with E-state index in [1.54, 1.807) is 55.5 Å². The Labute approximate surface area is 559 Å². The molecule has 6 atom stereocenters. The van der Waals surface area contributed by atoms with Gasteiger partial charge in [-0.15, -0.1) is 0 Å². The van der Waals surface area contributed by atoms with Crippen molar-refractivity contribution in [3.05, 3.63) is 121 Å². The van der Waals surface area contributed by atoms with Gasteiger partial charge in [-0.05, 0) is 125 Å². The summed E-state index contributed by atoms with van der Waals surface area (Å²) in [5.74, 6) is -5.95. The molecular weight excluding hydrogens is 1250 g/mol. The molecule has 97 heavy (non-hydrogen) atoms. The van der Waals surface area contributed by atoms with Crippen LogP contribution < -0.4 is 52.3 Å². The summed E-state index contributed by atoms with van der Waals surface area (Å²) in [4.78, 5) is 140. The van der Waals surface area contributed by atoms with Crippen LogP contribution in [0, 0.1) is 36.0 Å². The molecule has 25 nitrogen and oxygen atoms in total. The summed E-state index contributed by atoms with van der Waals surface area (Å²) in [5, 5.41) is 37.5. The number of alkyl carbamates (subject to hydrolysis) is 1. The molecule has 0 unspecified atom stereocenters. The van der Waals surface area contributed by atoms with Gasteiger partial charge in [0.25, 0.3) is 17.7 Å². The van der Waals surface area contributed by atoms with Gasteiger partial charge >= 0.3 is 17.8 Å². The zero-order chi connectivity index (χ0) is 69.6. The Hall–Kier alpha value is -10.1. The number of aromatic nitrogens is 1. The van der Waals surface area contributed by atoms with E-state index in [2.05, 4.69) is 47.4 Å². The fraction of sp³-hybridized carbons (Fsp3) is 0.458. The minimum absolute atomic E-state index is 0.00830. The minimum atomic E-state index is -1.91. The van der Waals surface area contributed by atoms with Gasteiger partial charge in [0.2, 0.25) is 28.6 Å². The first kappa shape index (κ1) is 69.8. The predicted molar refractivity (Wildman–Crippen MR) is 362 cm³/mol. The summed E-state index contributed by atoms with van der Waals surface area (Å²) in [5.41, 5.74) is -1.89. The van der Waals surface area contributed by atoms with Gasteiger partial charge in [0, 0.05) is 98.3 Å². The Balaban J connectivity index is 0.791. The maximum atomic E-state index is 15.0. The molecule has 1 saturated carbocycles. The average molecular weight is 1330 g/mol. The molecule has 4 aliphatic heterocycles. The molecule has 1 aliphatic carbocycles. The second kappa shape index (κ2) is 29.5. The molecular formula is C72H84N8O17. The van der Waals surface area contributed by atoms with E-state index >= 15 is 4.79 Å². The molecule has 4 aromatic carbocycles. The number of esters is 1. The van der Waals surface area contributed by atoms with Crippen molar-refractivity contribution in [2.75, 3.05) is 48.3 Å². The molecule has 7 amide bonds. The molecule has 1 saturated heterocycles. The lowest BCUT2D eigenvalue weighted by molar-refractivity contribution is -0.152. The largest absolute Gasteiger partial charge is 0.507 e. The smallest absolute Gasteiger partial charge is 0.407 e. The van der Waals surface area contributed by atoms with Crippen LogP contribution in [0.2, 0.25) is 0 Å². The number of amides is 7. The van der Waals surface area contributed by atoms with Crippen molar-refractivity contribution < 1.29 is 71.9 Å². The highest BCUT2D eigenvalue weighted by Gasteiger charge is 2.51. The Bertz CT molecular complexity index is 4260. The average Bonchev–Trinajstić information content (AvgIpc) is 1.67. The predicted octanol–water partition coefficient (Wildman–Crippen LogP) is 8.33. The van der Waals surface area contributed by atoms with E-state index in [0.717, 1.165) is 12.8 Å². The highest BCUT2D eigenvalue weighted by molar-refractivity contribution is 6.17. The number of ether oxygens (including phenoxy) is 4. The summed E-state index contributed by atoms with van der Waals surface area (Å²) in [6.45, 7) is 15.1. The Morgan fingerprint density at radius 2 is 1.57 bits per heavy atom. The lowest BCUT2D eigenvalue weighted by atomic mass is 9.67. The number of hydrogen-bond donors (Lipinski definition) is 7. The zero-order valence-corrected chi connectivity index (χ0v) is 55.9. The van der Waals surface area contributed by atoms with Crippen molar-refractivity contribution in [1.29, 1.82) is 0 Å². The molecule has 0 spiro atoms. The summed E-state index contributed by atoms with van der Waals surface area (Å²) in [6, 6.07) is 9.28. The number of phenols is 1. The standard InChI is InChI=1S/C72H84N8O17/c1-39-15-12-16-42(4)67(89)78-60-62(87)56-55(57-64(44(6)61(56)86)97-71(8,66(57)88)94-32-13-17-41(3)63(95-45(7)81)43(5)34-40(2)33-39)59-65(60)96-51-36-49(35-50(82)58(51)77-59)79-30-24-48(25-31-79)76-70(92)93-38-46-18-20-47(21-19-46)75-52(83)37-74-69(91)72(26-14-27-72)68(90)73-28-10-9-11-29-80-53(84)22-23-54(80)85/h12-13,15-16,18-23,32,35-36,39-41,43,48,63,86,88H,9-11,14,17,24-31,33-34,37-38H2,1-8H3,(H,73,90)(H,74,91)(H,75,83)(H,76,92)(H,78,89)/b15-12+,32-13+,42-16-/t39-,40+,41+,43+,63+,71-/m0/s1. The number of fused-ring (bicyclic) bond motifs is 2. The highest BCUT2D eigenvalue weighted by atomic mass is 16.7. The van der Waals surface area contributed by atoms with Gasteiger partial charge < -0.3 is 65.1 Å². The first-order chi connectivity index (χ1) is 46.2. The number of aliphatic hydroxyl groups is 1. The Kier molecular flexibility index (Phi) is 21.2. The number of anilines is 3. The molecule has 5 aromatic rings. The molecule has 7 N–H and O–H groups in total. The number of benzene rings is 4. The number of rotatable bonds is 16. The summed E-state index contributed by atoms with van der Waals surface area (Å²) >= 11 is 0. The number of allylic oxidation sites excluding steroid dienone is 4. The number of hydrogen-bond acceptors (Lipinski definition) is 19. The number of phenolic OH excluding ortho intramolecular Hbond substituents is 1. The van der Waals surface area contributed by atoms with Gasteiger partial charge in [0.15, 0.2) is 22.4 Å².